The highest BCUT2D eigenvalue weighted by Crippen LogP contribution is 2.26. The minimum absolute atomic E-state index is 0.123. The summed E-state index contributed by atoms with van der Waals surface area (Å²) in [6.45, 7) is 4.29. The second-order valence-electron chi connectivity index (χ2n) is 4.45. The van der Waals surface area contributed by atoms with Gasteiger partial charge in [0.2, 0.25) is 0 Å². The lowest BCUT2D eigenvalue weighted by atomic mass is 10.1. The predicted molar refractivity (Wildman–Crippen MR) is 73.3 cm³/mol. The van der Waals surface area contributed by atoms with Crippen molar-refractivity contribution < 1.29 is 14.6 Å². The van der Waals surface area contributed by atoms with Crippen molar-refractivity contribution in [3.63, 3.8) is 0 Å². The summed E-state index contributed by atoms with van der Waals surface area (Å²) < 4.78 is 6.36. The van der Waals surface area contributed by atoms with Crippen LogP contribution in [-0.2, 0) is 4.74 Å². The van der Waals surface area contributed by atoms with Crippen LogP contribution in [0.3, 0.4) is 0 Å². The van der Waals surface area contributed by atoms with Gasteiger partial charge in [-0.25, -0.2) is 4.79 Å². The van der Waals surface area contributed by atoms with Crippen LogP contribution >= 0.6 is 15.9 Å². The van der Waals surface area contributed by atoms with Gasteiger partial charge in [-0.2, -0.15) is 0 Å². The van der Waals surface area contributed by atoms with Gasteiger partial charge in [0.25, 0.3) is 0 Å². The highest BCUT2D eigenvalue weighted by molar-refractivity contribution is 9.10. The van der Waals surface area contributed by atoms with Gasteiger partial charge in [-0.3, -0.25) is 0 Å². The van der Waals surface area contributed by atoms with E-state index in [9.17, 15) is 9.90 Å². The number of carboxylic acids is 1. The van der Waals surface area contributed by atoms with Crippen LogP contribution in [-0.4, -0.2) is 36.9 Å². The Morgan fingerprint density at radius 3 is 3.06 bits per heavy atom. The summed E-state index contributed by atoms with van der Waals surface area (Å²) in [6.07, 6.45) is 1.04. The lowest BCUT2D eigenvalue weighted by Gasteiger charge is -2.25. The van der Waals surface area contributed by atoms with E-state index in [4.69, 9.17) is 4.74 Å². The summed E-state index contributed by atoms with van der Waals surface area (Å²) in [5.74, 6) is -0.899. The molecule has 1 aliphatic heterocycles. The first-order chi connectivity index (χ1) is 8.58. The van der Waals surface area contributed by atoms with Crippen molar-refractivity contribution in [3.05, 3.63) is 28.2 Å². The van der Waals surface area contributed by atoms with Gasteiger partial charge in [0.05, 0.1) is 17.4 Å². The van der Waals surface area contributed by atoms with Crippen LogP contribution in [0.15, 0.2) is 22.7 Å². The van der Waals surface area contributed by atoms with E-state index in [0.29, 0.717) is 5.56 Å². The predicted octanol–water partition coefficient (Wildman–Crippen LogP) is 2.76. The number of carbonyl (C=O) groups is 1. The van der Waals surface area contributed by atoms with E-state index >= 15 is 0 Å². The number of benzene rings is 1. The first-order valence-electron chi connectivity index (χ1n) is 5.97. The normalized spacial score (nSPS) is 20.6. The number of hydrogen-bond acceptors (Lipinski definition) is 3. The number of halogens is 1. The van der Waals surface area contributed by atoms with Crippen LogP contribution in [0.5, 0.6) is 0 Å². The molecule has 98 valence electrons. The second kappa shape index (κ2) is 5.71. The van der Waals surface area contributed by atoms with Crippen molar-refractivity contribution in [2.24, 2.45) is 0 Å². The van der Waals surface area contributed by atoms with Gasteiger partial charge in [0.15, 0.2) is 0 Å². The molecule has 0 spiro atoms. The quantitative estimate of drug-likeness (QED) is 0.912. The van der Waals surface area contributed by atoms with Gasteiger partial charge in [0, 0.05) is 24.2 Å². The molecule has 18 heavy (non-hydrogen) atoms. The summed E-state index contributed by atoms with van der Waals surface area (Å²) in [5.41, 5.74) is 1.10. The molecule has 0 radical (unpaired) electrons. The van der Waals surface area contributed by atoms with Crippen molar-refractivity contribution in [2.45, 2.75) is 19.4 Å². The Labute approximate surface area is 115 Å². The summed E-state index contributed by atoms with van der Waals surface area (Å²) in [6, 6.07) is 5.37. The summed E-state index contributed by atoms with van der Waals surface area (Å²) in [4.78, 5) is 13.4. The number of hydrogen-bond donors (Lipinski definition) is 1. The Kier molecular flexibility index (Phi) is 4.24. The smallest absolute Gasteiger partial charge is 0.337 e. The van der Waals surface area contributed by atoms with E-state index < -0.39 is 5.97 Å². The maximum atomic E-state index is 11.3. The zero-order valence-electron chi connectivity index (χ0n) is 10.2. The first-order valence-corrected chi connectivity index (χ1v) is 6.76. The number of anilines is 1. The molecule has 0 saturated carbocycles. The molecule has 0 amide bonds. The molecule has 0 aromatic heterocycles. The molecule has 1 fully saturated rings. The third-order valence-electron chi connectivity index (χ3n) is 2.98. The molecular formula is C13H16BrNO3. The van der Waals surface area contributed by atoms with Gasteiger partial charge < -0.3 is 14.7 Å². The molecule has 0 aliphatic carbocycles. The number of carboxylic acid groups (broad SMARTS) is 1. The molecule has 1 aromatic carbocycles. The SMILES string of the molecule is CC1CN(c2ccc(Br)cc2C(=O)O)CCCO1. The van der Waals surface area contributed by atoms with Crippen molar-refractivity contribution in [1.29, 1.82) is 0 Å². The second-order valence-corrected chi connectivity index (χ2v) is 5.36. The fraction of sp³-hybridized carbons (Fsp3) is 0.462. The molecule has 1 unspecified atom stereocenters. The Balaban J connectivity index is 2.33. The fourth-order valence-electron chi connectivity index (χ4n) is 2.17. The highest BCUT2D eigenvalue weighted by atomic mass is 79.9. The molecule has 1 aliphatic rings. The van der Waals surface area contributed by atoms with Crippen LogP contribution in [0.2, 0.25) is 0 Å². The highest BCUT2D eigenvalue weighted by Gasteiger charge is 2.20. The van der Waals surface area contributed by atoms with Crippen LogP contribution in [0, 0.1) is 0 Å². The Hall–Kier alpha value is -1.07. The first kappa shape index (κ1) is 13.4. The lowest BCUT2D eigenvalue weighted by Crippen LogP contribution is -2.31. The van der Waals surface area contributed by atoms with Gasteiger partial charge in [-0.05, 0) is 31.5 Å². The monoisotopic (exact) mass is 313 g/mol. The number of rotatable bonds is 2. The van der Waals surface area contributed by atoms with Crippen molar-refractivity contribution in [1.82, 2.24) is 0 Å². The number of ether oxygens (including phenoxy) is 1. The molecule has 2 rings (SSSR count). The number of aromatic carboxylic acids is 1. The summed E-state index contributed by atoms with van der Waals surface area (Å²) in [7, 11) is 0. The third kappa shape index (κ3) is 3.03. The Morgan fingerprint density at radius 2 is 2.33 bits per heavy atom. The topological polar surface area (TPSA) is 49.8 Å². The standard InChI is InChI=1S/C13H16BrNO3/c1-9-8-15(5-2-6-18-9)12-4-3-10(14)7-11(12)13(16)17/h3-4,7,9H,2,5-6,8H2,1H3,(H,16,17). The largest absolute Gasteiger partial charge is 0.478 e. The zero-order chi connectivity index (χ0) is 13.1. The van der Waals surface area contributed by atoms with Crippen LogP contribution in [0.4, 0.5) is 5.69 Å². The molecule has 1 atom stereocenters. The minimum atomic E-state index is -0.899. The van der Waals surface area contributed by atoms with E-state index in [0.717, 1.165) is 36.3 Å². The lowest BCUT2D eigenvalue weighted by molar-refractivity contribution is 0.0696. The van der Waals surface area contributed by atoms with Crippen LogP contribution < -0.4 is 4.90 Å². The molecular weight excluding hydrogens is 298 g/mol. The average Bonchev–Trinajstić information content (AvgIpc) is 2.53. The summed E-state index contributed by atoms with van der Waals surface area (Å²) in [5, 5.41) is 9.28. The molecule has 5 heteroatoms. The van der Waals surface area contributed by atoms with E-state index in [-0.39, 0.29) is 6.10 Å². The summed E-state index contributed by atoms with van der Waals surface area (Å²) >= 11 is 3.31. The molecule has 1 saturated heterocycles. The van der Waals surface area contributed by atoms with E-state index in [1.165, 1.54) is 0 Å². The minimum Gasteiger partial charge on any atom is -0.478 e. The van der Waals surface area contributed by atoms with Gasteiger partial charge >= 0.3 is 5.97 Å². The Morgan fingerprint density at radius 1 is 1.56 bits per heavy atom. The van der Waals surface area contributed by atoms with Crippen molar-refractivity contribution in [2.75, 3.05) is 24.6 Å². The maximum absolute atomic E-state index is 11.3. The van der Waals surface area contributed by atoms with Crippen molar-refractivity contribution >= 4 is 27.6 Å². The third-order valence-corrected chi connectivity index (χ3v) is 3.48. The maximum Gasteiger partial charge on any atom is 0.337 e. The molecule has 1 aromatic rings. The Bertz CT molecular complexity index is 450. The van der Waals surface area contributed by atoms with Crippen LogP contribution in [0.25, 0.3) is 0 Å². The van der Waals surface area contributed by atoms with Crippen molar-refractivity contribution in [3.8, 4) is 0 Å². The molecule has 4 nitrogen and oxygen atoms in total. The molecule has 0 bridgehead atoms. The molecule has 1 heterocycles. The fourth-order valence-corrected chi connectivity index (χ4v) is 2.53. The van der Waals surface area contributed by atoms with Gasteiger partial charge in [0.1, 0.15) is 0 Å². The van der Waals surface area contributed by atoms with Crippen LogP contribution in [0.1, 0.15) is 23.7 Å². The van der Waals surface area contributed by atoms with Gasteiger partial charge in [-0.15, -0.1) is 0 Å². The van der Waals surface area contributed by atoms with E-state index in [1.54, 1.807) is 6.07 Å². The average molecular weight is 314 g/mol. The van der Waals surface area contributed by atoms with Gasteiger partial charge in [-0.1, -0.05) is 15.9 Å². The number of nitrogens with zero attached hydrogens (tertiary/aromatic N) is 1. The van der Waals surface area contributed by atoms with E-state index in [2.05, 4.69) is 20.8 Å². The van der Waals surface area contributed by atoms with E-state index in [1.807, 2.05) is 19.1 Å². The zero-order valence-corrected chi connectivity index (χ0v) is 11.8. The molecule has 1 N–H and O–H groups in total.